The summed E-state index contributed by atoms with van der Waals surface area (Å²) in [5, 5.41) is 3.70. The number of fused-ring (bicyclic) bond motifs is 5. The molecule has 2 unspecified atom stereocenters. The molecule has 0 fully saturated rings. The van der Waals surface area contributed by atoms with Crippen LogP contribution in [0.15, 0.2) is 48.6 Å². The Bertz CT molecular complexity index is 1020. The van der Waals surface area contributed by atoms with Crippen LogP contribution in [0.5, 0.6) is 11.5 Å². The molecule has 2 atom stereocenters. The Hall–Kier alpha value is -2.68. The predicted molar refractivity (Wildman–Crippen MR) is 115 cm³/mol. The molecule has 2 heterocycles. The van der Waals surface area contributed by atoms with Crippen LogP contribution >= 0.6 is 0 Å². The van der Waals surface area contributed by atoms with Gasteiger partial charge in [0.25, 0.3) is 0 Å². The van der Waals surface area contributed by atoms with Crippen LogP contribution in [0, 0.1) is 5.92 Å². The Morgan fingerprint density at radius 1 is 1.14 bits per heavy atom. The van der Waals surface area contributed by atoms with E-state index in [1.165, 1.54) is 28.0 Å². The molecule has 2 aromatic carbocycles. The van der Waals surface area contributed by atoms with Gasteiger partial charge in [0.15, 0.2) is 0 Å². The van der Waals surface area contributed by atoms with Crippen LogP contribution in [0.2, 0.25) is 0 Å². The first-order chi connectivity index (χ1) is 13.5. The zero-order chi connectivity index (χ0) is 19.5. The van der Waals surface area contributed by atoms with Crippen molar-refractivity contribution in [3.05, 3.63) is 59.7 Å². The number of allylic oxidation sites excluding steroid dienone is 2. The molecule has 2 aromatic rings. The summed E-state index contributed by atoms with van der Waals surface area (Å²) >= 11 is 0. The summed E-state index contributed by atoms with van der Waals surface area (Å²) < 4.78 is 12.4. The fourth-order valence-electron chi connectivity index (χ4n) is 5.11. The number of benzene rings is 2. The number of nitrogens with one attached hydrogen (secondary N) is 1. The van der Waals surface area contributed by atoms with Crippen LogP contribution in [0.25, 0.3) is 16.7 Å². The Balaban J connectivity index is 1.80. The van der Waals surface area contributed by atoms with E-state index in [4.69, 9.17) is 9.47 Å². The van der Waals surface area contributed by atoms with Crippen LogP contribution in [-0.2, 0) is 0 Å². The molecule has 2 aliphatic heterocycles. The first kappa shape index (κ1) is 17.4. The molecule has 1 aliphatic carbocycles. The van der Waals surface area contributed by atoms with Crippen LogP contribution in [-0.4, -0.2) is 12.6 Å². The second kappa shape index (κ2) is 6.16. The lowest BCUT2D eigenvalue weighted by Crippen LogP contribution is -2.33. The third-order valence-electron chi connectivity index (χ3n) is 6.13. The second-order valence-corrected chi connectivity index (χ2v) is 8.66. The molecule has 28 heavy (non-hydrogen) atoms. The van der Waals surface area contributed by atoms with Gasteiger partial charge in [-0.25, -0.2) is 0 Å². The molecule has 0 aromatic heterocycles. The largest absolute Gasteiger partial charge is 0.496 e. The number of ether oxygens (including phenoxy) is 2. The molecule has 5 rings (SSSR count). The minimum Gasteiger partial charge on any atom is -0.496 e. The predicted octanol–water partition coefficient (Wildman–Crippen LogP) is 6.37. The minimum atomic E-state index is -0.0564. The van der Waals surface area contributed by atoms with Crippen molar-refractivity contribution in [3.63, 3.8) is 0 Å². The quantitative estimate of drug-likeness (QED) is 0.621. The van der Waals surface area contributed by atoms with Gasteiger partial charge >= 0.3 is 0 Å². The van der Waals surface area contributed by atoms with E-state index in [9.17, 15) is 0 Å². The van der Waals surface area contributed by atoms with Gasteiger partial charge in [0.2, 0.25) is 0 Å². The molecule has 144 valence electrons. The number of hydrogen-bond donors (Lipinski definition) is 1. The normalized spacial score (nSPS) is 23.6. The van der Waals surface area contributed by atoms with Gasteiger partial charge in [-0.2, -0.15) is 0 Å². The van der Waals surface area contributed by atoms with Gasteiger partial charge in [0.05, 0.1) is 18.2 Å². The molecule has 0 radical (unpaired) electrons. The van der Waals surface area contributed by atoms with Crippen molar-refractivity contribution in [2.75, 3.05) is 12.4 Å². The molecule has 3 aliphatic rings. The topological polar surface area (TPSA) is 30.5 Å². The lowest BCUT2D eigenvalue weighted by molar-refractivity contribution is 0.154. The third kappa shape index (κ3) is 2.56. The van der Waals surface area contributed by atoms with Gasteiger partial charge in [0, 0.05) is 22.7 Å². The standard InChI is InChI=1S/C25H27NO2/c1-15-14-25(2,3)26-18-13-12-17-22-19(27-4)10-7-11-20(22)28-24(23(17)21(15)18)16-8-5-6-9-16/h5,7-8,10-14,16,24,26H,6,9H2,1-4H3. The first-order valence-electron chi connectivity index (χ1n) is 10.1. The fraction of sp³-hybridized carbons (Fsp3) is 0.360. The summed E-state index contributed by atoms with van der Waals surface area (Å²) in [7, 11) is 1.73. The van der Waals surface area contributed by atoms with E-state index in [1.54, 1.807) is 7.11 Å². The van der Waals surface area contributed by atoms with E-state index >= 15 is 0 Å². The molecule has 1 N–H and O–H groups in total. The van der Waals surface area contributed by atoms with Gasteiger partial charge in [-0.15, -0.1) is 0 Å². The monoisotopic (exact) mass is 373 g/mol. The molecule has 0 amide bonds. The summed E-state index contributed by atoms with van der Waals surface area (Å²) in [4.78, 5) is 0. The minimum absolute atomic E-state index is 0.0228. The zero-order valence-electron chi connectivity index (χ0n) is 17.0. The lowest BCUT2D eigenvalue weighted by Gasteiger charge is -2.38. The Kier molecular flexibility index (Phi) is 3.84. The Labute approximate surface area is 167 Å². The molecule has 3 heteroatoms. The van der Waals surface area contributed by atoms with Crippen molar-refractivity contribution in [2.24, 2.45) is 5.92 Å². The first-order valence-corrected chi connectivity index (χ1v) is 10.1. The van der Waals surface area contributed by atoms with Gasteiger partial charge in [-0.1, -0.05) is 30.4 Å². The van der Waals surface area contributed by atoms with E-state index in [1.807, 2.05) is 12.1 Å². The maximum Gasteiger partial charge on any atom is 0.131 e. The maximum absolute atomic E-state index is 6.66. The molecule has 0 spiro atoms. The number of methoxy groups -OCH3 is 1. The average Bonchev–Trinajstić information content (AvgIpc) is 3.19. The highest BCUT2D eigenvalue weighted by atomic mass is 16.5. The van der Waals surface area contributed by atoms with E-state index in [2.05, 4.69) is 62.5 Å². The van der Waals surface area contributed by atoms with E-state index in [0.717, 1.165) is 29.9 Å². The summed E-state index contributed by atoms with van der Waals surface area (Å²) in [6, 6.07) is 10.6. The smallest absolute Gasteiger partial charge is 0.131 e. The van der Waals surface area contributed by atoms with Crippen molar-refractivity contribution in [3.8, 4) is 22.6 Å². The number of hydrogen-bond acceptors (Lipinski definition) is 3. The molecule has 0 bridgehead atoms. The highest BCUT2D eigenvalue weighted by Gasteiger charge is 2.38. The van der Waals surface area contributed by atoms with Crippen molar-refractivity contribution in [1.82, 2.24) is 0 Å². The van der Waals surface area contributed by atoms with Crippen LogP contribution in [0.4, 0.5) is 5.69 Å². The maximum atomic E-state index is 6.66. The zero-order valence-corrected chi connectivity index (χ0v) is 17.0. The molecule has 3 nitrogen and oxygen atoms in total. The number of anilines is 1. The Morgan fingerprint density at radius 3 is 2.75 bits per heavy atom. The van der Waals surface area contributed by atoms with Gasteiger partial charge in [-0.3, -0.25) is 0 Å². The summed E-state index contributed by atoms with van der Waals surface area (Å²) in [5.74, 6) is 2.18. The van der Waals surface area contributed by atoms with Crippen molar-refractivity contribution in [1.29, 1.82) is 0 Å². The lowest BCUT2D eigenvalue weighted by atomic mass is 9.79. The Morgan fingerprint density at radius 2 is 2.00 bits per heavy atom. The summed E-state index contributed by atoms with van der Waals surface area (Å²) in [6.07, 6.45) is 9.23. The third-order valence-corrected chi connectivity index (χ3v) is 6.13. The van der Waals surface area contributed by atoms with Crippen molar-refractivity contribution in [2.45, 2.75) is 45.3 Å². The molecular formula is C25H27NO2. The van der Waals surface area contributed by atoms with Crippen LogP contribution < -0.4 is 14.8 Å². The van der Waals surface area contributed by atoms with Gasteiger partial charge in [0.1, 0.15) is 17.6 Å². The fourth-order valence-corrected chi connectivity index (χ4v) is 5.11. The van der Waals surface area contributed by atoms with E-state index < -0.39 is 0 Å². The molecule has 0 saturated heterocycles. The highest BCUT2D eigenvalue weighted by Crippen LogP contribution is 2.54. The van der Waals surface area contributed by atoms with E-state index in [0.29, 0.717) is 5.92 Å². The number of rotatable bonds is 2. The van der Waals surface area contributed by atoms with E-state index in [-0.39, 0.29) is 11.6 Å². The average molecular weight is 373 g/mol. The second-order valence-electron chi connectivity index (χ2n) is 8.66. The van der Waals surface area contributed by atoms with Crippen LogP contribution in [0.3, 0.4) is 0 Å². The van der Waals surface area contributed by atoms with Crippen molar-refractivity contribution < 1.29 is 9.47 Å². The summed E-state index contributed by atoms with van der Waals surface area (Å²) in [6.45, 7) is 6.65. The van der Waals surface area contributed by atoms with Crippen molar-refractivity contribution >= 4 is 11.3 Å². The molecule has 0 saturated carbocycles. The van der Waals surface area contributed by atoms with Gasteiger partial charge in [-0.05, 0) is 62.9 Å². The van der Waals surface area contributed by atoms with Crippen LogP contribution in [0.1, 0.15) is 50.8 Å². The molecular weight excluding hydrogens is 346 g/mol. The summed E-state index contributed by atoms with van der Waals surface area (Å²) in [5.41, 5.74) is 7.33. The SMILES string of the molecule is COc1cccc2c1-c1ccc3c(c1C(C1C=CCC1)O2)C(C)=CC(C)(C)N3. The highest BCUT2D eigenvalue weighted by molar-refractivity contribution is 5.91. The van der Waals surface area contributed by atoms with Gasteiger partial charge < -0.3 is 14.8 Å².